The minimum absolute atomic E-state index is 0. The maximum Gasteiger partial charge on any atom is -0.147 e. The Balaban J connectivity index is 0.00000441. The Morgan fingerprint density at radius 3 is 2.14 bits per heavy atom. The molecule has 0 radical (unpaired) electrons. The van der Waals surface area contributed by atoms with Crippen LogP contribution in [0.4, 0.5) is 4.39 Å². The van der Waals surface area contributed by atoms with Gasteiger partial charge in [-0.05, 0) is 0 Å². The Labute approximate surface area is 156 Å². The van der Waals surface area contributed by atoms with E-state index in [9.17, 15) is 0 Å². The van der Waals surface area contributed by atoms with Crippen molar-refractivity contribution in [3.05, 3.63) is 0 Å². The van der Waals surface area contributed by atoms with E-state index < -0.39 is 3.43 Å². The summed E-state index contributed by atoms with van der Waals surface area (Å²) in [5.74, 6) is 0.272. The van der Waals surface area contributed by atoms with Gasteiger partial charge in [0.1, 0.15) is 0 Å². The van der Waals surface area contributed by atoms with Crippen molar-refractivity contribution in [2.75, 3.05) is 34.4 Å². The Bertz CT molecular complexity index is 289. The van der Waals surface area contributed by atoms with Crippen molar-refractivity contribution in [1.29, 1.82) is 0 Å². The Kier molecular flexibility index (Phi) is 12.0. The standard InChI is InChI=1S/C16H31FNO2.ClH.In.2H/c1-5-6-15(19-3)16(20-4)8-7-14(17)13-9-11-18(2)12-10-13;;;;/h13,15-16H,5-12H2,1-4H3;1H;;;. The smallest absolute Gasteiger partial charge is 0.147 e. The molecule has 1 saturated heterocycles. The molecule has 0 amide bonds. The summed E-state index contributed by atoms with van der Waals surface area (Å²) in [5, 5.41) is 0. The molecule has 6 heteroatoms. The molecule has 0 aromatic carbocycles. The molecule has 1 fully saturated rings. The van der Waals surface area contributed by atoms with E-state index in [0.717, 1.165) is 45.2 Å². The number of likely N-dealkylation sites (tertiary alicyclic amines) is 1. The van der Waals surface area contributed by atoms with E-state index in [0.29, 0.717) is 6.42 Å². The number of hydrogen-bond acceptors (Lipinski definition) is 3. The van der Waals surface area contributed by atoms with Gasteiger partial charge in [-0.2, -0.15) is 0 Å². The largest absolute Gasteiger partial charge is 0.147 e. The van der Waals surface area contributed by atoms with E-state index in [2.05, 4.69) is 18.9 Å². The number of hydrogen-bond donors (Lipinski definition) is 0. The number of piperidine rings is 1. The van der Waals surface area contributed by atoms with Gasteiger partial charge in [-0.1, -0.05) is 0 Å². The van der Waals surface area contributed by atoms with Crippen LogP contribution < -0.4 is 0 Å². The van der Waals surface area contributed by atoms with Gasteiger partial charge in [0, 0.05) is 0 Å². The van der Waals surface area contributed by atoms with Gasteiger partial charge in [0.25, 0.3) is 0 Å². The number of ether oxygens (including phenoxy) is 2. The molecule has 3 unspecified atom stereocenters. The van der Waals surface area contributed by atoms with Crippen LogP contribution in [0.15, 0.2) is 0 Å². The van der Waals surface area contributed by atoms with E-state index in [1.807, 2.05) is 0 Å². The van der Waals surface area contributed by atoms with E-state index in [1.54, 1.807) is 14.2 Å². The van der Waals surface area contributed by atoms with Crippen molar-refractivity contribution in [3.63, 3.8) is 0 Å². The van der Waals surface area contributed by atoms with Crippen LogP contribution in [-0.4, -0.2) is 79.3 Å². The third-order valence-electron chi connectivity index (χ3n) is 5.08. The molecule has 1 aliphatic heterocycles. The fourth-order valence-corrected chi connectivity index (χ4v) is 5.91. The van der Waals surface area contributed by atoms with Gasteiger partial charge < -0.3 is 0 Å². The molecule has 1 aliphatic rings. The Morgan fingerprint density at radius 2 is 1.68 bits per heavy atom. The molecule has 0 bridgehead atoms. The fourth-order valence-electron chi connectivity index (χ4n) is 3.43. The van der Waals surface area contributed by atoms with Gasteiger partial charge in [0.05, 0.1) is 0 Å². The van der Waals surface area contributed by atoms with Gasteiger partial charge >= 0.3 is 144 Å². The van der Waals surface area contributed by atoms with Crippen LogP contribution in [0.3, 0.4) is 0 Å². The van der Waals surface area contributed by atoms with Gasteiger partial charge in [-0.3, -0.25) is 0 Å². The second-order valence-corrected chi connectivity index (χ2v) is 11.5. The Hall–Kier alpha value is 0.970. The molecule has 0 aromatic heterocycles. The summed E-state index contributed by atoms with van der Waals surface area (Å²) in [7, 11) is 5.59. The predicted molar refractivity (Wildman–Crippen MR) is 95.6 cm³/mol. The molecular weight excluding hydrogens is 407 g/mol. The summed E-state index contributed by atoms with van der Waals surface area (Å²) in [5.41, 5.74) is 0. The van der Waals surface area contributed by atoms with Crippen molar-refractivity contribution < 1.29 is 13.9 Å². The second-order valence-electron chi connectivity index (χ2n) is 6.73. The monoisotopic (exact) mass is 441 g/mol. The molecule has 3 atom stereocenters. The zero-order valence-electron chi connectivity index (χ0n) is 14.9. The molecule has 0 aromatic rings. The summed E-state index contributed by atoms with van der Waals surface area (Å²) in [6, 6.07) is 0. The first kappa shape index (κ1) is 23.0. The first-order valence-electron chi connectivity index (χ1n) is 8.37. The maximum atomic E-state index is 15.1. The van der Waals surface area contributed by atoms with Gasteiger partial charge in [-0.25, -0.2) is 0 Å². The van der Waals surface area contributed by atoms with Crippen LogP contribution in [0.2, 0.25) is 0 Å². The minimum atomic E-state index is -0.885. The molecule has 1 rings (SSSR count). The van der Waals surface area contributed by atoms with Crippen LogP contribution in [0.5, 0.6) is 0 Å². The van der Waals surface area contributed by atoms with Crippen LogP contribution in [0.1, 0.15) is 45.4 Å². The summed E-state index contributed by atoms with van der Waals surface area (Å²) in [4.78, 5) is 2.31. The molecule has 132 valence electrons. The van der Waals surface area contributed by atoms with Crippen LogP contribution in [0.25, 0.3) is 0 Å². The van der Waals surface area contributed by atoms with Crippen LogP contribution >= 0.6 is 12.4 Å². The van der Waals surface area contributed by atoms with E-state index >= 15 is 4.39 Å². The molecule has 3 nitrogen and oxygen atoms in total. The third-order valence-corrected chi connectivity index (χ3v) is 8.84. The van der Waals surface area contributed by atoms with Crippen LogP contribution in [-0.2, 0) is 9.47 Å². The molecule has 0 spiro atoms. The topological polar surface area (TPSA) is 21.7 Å². The number of nitrogens with zero attached hydrogens (tertiary/aromatic N) is 1. The molecule has 0 aliphatic carbocycles. The zero-order valence-corrected chi connectivity index (χ0v) is 21.5. The summed E-state index contributed by atoms with van der Waals surface area (Å²) >= 11 is 0.0116. The van der Waals surface area contributed by atoms with Crippen LogP contribution in [0, 0.1) is 5.92 Å². The Morgan fingerprint density at radius 1 is 1.18 bits per heavy atom. The van der Waals surface area contributed by atoms with Crippen molar-refractivity contribution in [3.8, 4) is 0 Å². The van der Waals surface area contributed by atoms with E-state index in [1.165, 1.54) is 0 Å². The van der Waals surface area contributed by atoms with Crippen molar-refractivity contribution in [1.82, 2.24) is 4.90 Å². The van der Waals surface area contributed by atoms with Gasteiger partial charge in [0.2, 0.25) is 0 Å². The van der Waals surface area contributed by atoms with E-state index in [4.69, 9.17) is 9.47 Å². The van der Waals surface area contributed by atoms with Crippen molar-refractivity contribution in [2.24, 2.45) is 5.92 Å². The first-order chi connectivity index (χ1) is 9.94. The molecular formula is C16H34ClFInNO2. The minimum Gasteiger partial charge on any atom is -0.147 e. The average molecular weight is 442 g/mol. The third kappa shape index (κ3) is 7.25. The summed E-state index contributed by atoms with van der Waals surface area (Å²) in [6.07, 6.45) is 5.65. The van der Waals surface area contributed by atoms with Gasteiger partial charge in [0.15, 0.2) is 0 Å². The number of alkyl halides is 1. The number of rotatable bonds is 9. The predicted octanol–water partition coefficient (Wildman–Crippen LogP) is 2.66. The SMILES string of the molecule is CCCC(OC)C(CC[C](F)([InH2])C1CCN(C)CC1)OC.Cl. The zero-order chi connectivity index (χ0) is 15.9. The van der Waals surface area contributed by atoms with Crippen molar-refractivity contribution >= 4 is 36.8 Å². The summed E-state index contributed by atoms with van der Waals surface area (Å²) < 4.78 is 25.4. The van der Waals surface area contributed by atoms with E-state index in [-0.39, 0.29) is 54.9 Å². The molecule has 1 heterocycles. The quantitative estimate of drug-likeness (QED) is 0.549. The van der Waals surface area contributed by atoms with Gasteiger partial charge in [-0.15, -0.1) is 12.4 Å². The van der Waals surface area contributed by atoms with Crippen molar-refractivity contribution in [2.45, 2.75) is 61.1 Å². The maximum absolute atomic E-state index is 15.1. The fraction of sp³-hybridized carbons (Fsp3) is 1.00. The molecule has 0 N–H and O–H groups in total. The normalized spacial score (nSPS) is 22.6. The first-order valence-corrected chi connectivity index (χ1v) is 11.2. The molecule has 0 saturated carbocycles. The summed E-state index contributed by atoms with van der Waals surface area (Å²) in [6.45, 7) is 4.23. The molecule has 22 heavy (non-hydrogen) atoms. The number of methoxy groups -OCH3 is 2. The number of halogens is 2. The second kappa shape index (κ2) is 11.5. The average Bonchev–Trinajstić information content (AvgIpc) is 2.47.